The Hall–Kier alpha value is -3.14. The lowest BCUT2D eigenvalue weighted by atomic mass is 9.97. The number of aldehydes is 1. The summed E-state index contributed by atoms with van der Waals surface area (Å²) in [6.45, 7) is 6.13. The fourth-order valence-electron chi connectivity index (χ4n) is 2.89. The summed E-state index contributed by atoms with van der Waals surface area (Å²) in [5.41, 5.74) is 5.16. The molecule has 0 spiro atoms. The van der Waals surface area contributed by atoms with Gasteiger partial charge in [0.15, 0.2) is 5.82 Å². The topological polar surface area (TPSA) is 42.9 Å². The first-order valence-electron chi connectivity index (χ1n) is 8.86. The molecule has 0 saturated heterocycles. The predicted molar refractivity (Wildman–Crippen MR) is 107 cm³/mol. The number of rotatable bonds is 5. The Morgan fingerprint density at radius 3 is 2.15 bits per heavy atom. The van der Waals surface area contributed by atoms with E-state index in [1.807, 2.05) is 45.0 Å². The molecule has 3 rings (SSSR count). The van der Waals surface area contributed by atoms with Crippen LogP contribution < -0.4 is 0 Å². The lowest BCUT2D eigenvalue weighted by Crippen LogP contribution is -2.05. The highest BCUT2D eigenvalue weighted by Gasteiger charge is 2.17. The Balaban J connectivity index is 2.28. The van der Waals surface area contributed by atoms with Gasteiger partial charge in [0, 0.05) is 16.7 Å². The first-order valence-corrected chi connectivity index (χ1v) is 8.86. The van der Waals surface area contributed by atoms with E-state index in [1.54, 1.807) is 18.2 Å². The molecule has 27 heavy (non-hydrogen) atoms. The van der Waals surface area contributed by atoms with E-state index in [1.165, 1.54) is 18.2 Å². The zero-order chi connectivity index (χ0) is 19.4. The highest BCUT2D eigenvalue weighted by molar-refractivity contribution is 5.81. The lowest BCUT2D eigenvalue weighted by molar-refractivity contribution is -0.104. The maximum Gasteiger partial charge on any atom is 0.160 e. The van der Waals surface area contributed by atoms with Crippen molar-refractivity contribution in [2.75, 3.05) is 0 Å². The minimum Gasteiger partial charge on any atom is -0.299 e. The number of halogens is 1. The van der Waals surface area contributed by atoms with Gasteiger partial charge >= 0.3 is 0 Å². The van der Waals surface area contributed by atoms with E-state index < -0.39 is 0 Å². The van der Waals surface area contributed by atoms with Gasteiger partial charge in [0.1, 0.15) is 12.1 Å². The number of carbonyl (C=O) groups excluding carboxylic acids is 1. The average Bonchev–Trinajstić information content (AvgIpc) is 2.67. The van der Waals surface area contributed by atoms with Crippen molar-refractivity contribution >= 4 is 12.4 Å². The highest BCUT2D eigenvalue weighted by atomic mass is 19.1. The van der Waals surface area contributed by atoms with Crippen molar-refractivity contribution in [3.63, 3.8) is 0 Å². The lowest BCUT2D eigenvalue weighted by Gasteiger charge is -2.16. The molecule has 2 aromatic carbocycles. The number of aryl methyl sites for hydroxylation is 1. The third kappa shape index (κ3) is 4.17. The molecule has 0 aliphatic carbocycles. The zero-order valence-corrected chi connectivity index (χ0v) is 15.6. The quantitative estimate of drug-likeness (QED) is 0.440. The Morgan fingerprint density at radius 1 is 0.926 bits per heavy atom. The second kappa shape index (κ2) is 8.04. The summed E-state index contributed by atoms with van der Waals surface area (Å²) < 4.78 is 13.4. The van der Waals surface area contributed by atoms with E-state index >= 15 is 0 Å². The van der Waals surface area contributed by atoms with Crippen molar-refractivity contribution in [3.8, 4) is 22.6 Å². The molecule has 0 radical (unpaired) electrons. The molecule has 0 unspecified atom stereocenters. The summed E-state index contributed by atoms with van der Waals surface area (Å²) in [7, 11) is 0. The van der Waals surface area contributed by atoms with E-state index in [-0.39, 0.29) is 11.7 Å². The van der Waals surface area contributed by atoms with Crippen LogP contribution in [0.1, 0.15) is 36.6 Å². The van der Waals surface area contributed by atoms with Gasteiger partial charge in [-0.2, -0.15) is 0 Å². The van der Waals surface area contributed by atoms with Crippen molar-refractivity contribution < 1.29 is 9.18 Å². The smallest absolute Gasteiger partial charge is 0.160 e. The Kier molecular flexibility index (Phi) is 5.55. The summed E-state index contributed by atoms with van der Waals surface area (Å²) in [5, 5.41) is 0. The molecule has 0 aliphatic rings. The normalized spacial score (nSPS) is 11.3. The minimum absolute atomic E-state index is 0.127. The number of hydrogen-bond acceptors (Lipinski definition) is 3. The average molecular weight is 360 g/mol. The SMILES string of the molecule is Cc1ccc(-c2nc(-c3ccc(F)cc3)c(/C=C/C=O)c(C(C)C)n2)cc1. The fourth-order valence-corrected chi connectivity index (χ4v) is 2.89. The molecule has 136 valence electrons. The molecule has 4 heteroatoms. The second-order valence-corrected chi connectivity index (χ2v) is 6.72. The van der Waals surface area contributed by atoms with Gasteiger partial charge in [0.05, 0.1) is 11.4 Å². The number of carbonyl (C=O) groups is 1. The number of hydrogen-bond donors (Lipinski definition) is 0. The van der Waals surface area contributed by atoms with Crippen LogP contribution in [0.3, 0.4) is 0 Å². The predicted octanol–water partition coefficient (Wildman–Crippen LogP) is 5.59. The van der Waals surface area contributed by atoms with Crippen LogP contribution in [0.15, 0.2) is 54.6 Å². The molecule has 3 nitrogen and oxygen atoms in total. The Bertz CT molecular complexity index is 975. The minimum atomic E-state index is -0.305. The van der Waals surface area contributed by atoms with Crippen molar-refractivity contribution in [1.29, 1.82) is 0 Å². The van der Waals surface area contributed by atoms with E-state index in [0.29, 0.717) is 11.5 Å². The number of allylic oxidation sites excluding steroid dienone is 1. The van der Waals surface area contributed by atoms with Gasteiger partial charge in [-0.3, -0.25) is 4.79 Å². The van der Waals surface area contributed by atoms with Gasteiger partial charge in [0.25, 0.3) is 0 Å². The van der Waals surface area contributed by atoms with Crippen LogP contribution in [-0.4, -0.2) is 16.3 Å². The molecule has 1 heterocycles. The molecule has 0 fully saturated rings. The molecular weight excluding hydrogens is 339 g/mol. The van der Waals surface area contributed by atoms with Crippen LogP contribution >= 0.6 is 0 Å². The summed E-state index contributed by atoms with van der Waals surface area (Å²) >= 11 is 0. The van der Waals surface area contributed by atoms with Crippen molar-refractivity contribution in [1.82, 2.24) is 9.97 Å². The molecule has 0 bridgehead atoms. The maximum atomic E-state index is 13.4. The summed E-state index contributed by atoms with van der Waals surface area (Å²) in [6.07, 6.45) is 3.88. The first-order chi connectivity index (χ1) is 13.0. The van der Waals surface area contributed by atoms with Gasteiger partial charge in [-0.05, 0) is 49.3 Å². The molecule has 0 saturated carbocycles. The Morgan fingerprint density at radius 2 is 1.56 bits per heavy atom. The monoisotopic (exact) mass is 360 g/mol. The van der Waals surface area contributed by atoms with Crippen molar-refractivity contribution in [2.45, 2.75) is 26.7 Å². The van der Waals surface area contributed by atoms with Crippen LogP contribution in [0.4, 0.5) is 4.39 Å². The maximum absolute atomic E-state index is 13.4. The molecule has 0 aliphatic heterocycles. The molecule has 0 atom stereocenters. The molecular formula is C23H21FN2O. The van der Waals surface area contributed by atoms with E-state index in [0.717, 1.165) is 34.2 Å². The highest BCUT2D eigenvalue weighted by Crippen LogP contribution is 2.31. The van der Waals surface area contributed by atoms with Crippen molar-refractivity contribution in [2.24, 2.45) is 0 Å². The van der Waals surface area contributed by atoms with Crippen LogP contribution in [-0.2, 0) is 4.79 Å². The van der Waals surface area contributed by atoms with E-state index in [9.17, 15) is 9.18 Å². The molecule has 3 aromatic rings. The van der Waals surface area contributed by atoms with Gasteiger partial charge in [0.2, 0.25) is 0 Å². The van der Waals surface area contributed by atoms with Crippen LogP contribution in [0.25, 0.3) is 28.7 Å². The summed E-state index contributed by atoms with van der Waals surface area (Å²) in [4.78, 5) is 20.4. The molecule has 0 amide bonds. The number of aromatic nitrogens is 2. The van der Waals surface area contributed by atoms with Crippen LogP contribution in [0.5, 0.6) is 0 Å². The van der Waals surface area contributed by atoms with E-state index in [2.05, 4.69) is 0 Å². The fraction of sp³-hybridized carbons (Fsp3) is 0.174. The van der Waals surface area contributed by atoms with Gasteiger partial charge < -0.3 is 0 Å². The third-order valence-corrected chi connectivity index (χ3v) is 4.29. The molecule has 0 N–H and O–H groups in total. The van der Waals surface area contributed by atoms with Crippen LogP contribution in [0.2, 0.25) is 0 Å². The Labute approximate surface area is 158 Å². The number of nitrogens with zero attached hydrogens (tertiary/aromatic N) is 2. The third-order valence-electron chi connectivity index (χ3n) is 4.29. The van der Waals surface area contributed by atoms with Gasteiger partial charge in [-0.1, -0.05) is 43.7 Å². The van der Waals surface area contributed by atoms with E-state index in [4.69, 9.17) is 9.97 Å². The van der Waals surface area contributed by atoms with Gasteiger partial charge in [-0.15, -0.1) is 0 Å². The summed E-state index contributed by atoms with van der Waals surface area (Å²) in [5.74, 6) is 0.435. The molecule has 1 aromatic heterocycles. The van der Waals surface area contributed by atoms with Gasteiger partial charge in [-0.25, -0.2) is 14.4 Å². The second-order valence-electron chi connectivity index (χ2n) is 6.72. The summed E-state index contributed by atoms with van der Waals surface area (Å²) in [6, 6.07) is 14.2. The number of benzene rings is 2. The largest absolute Gasteiger partial charge is 0.299 e. The van der Waals surface area contributed by atoms with Crippen LogP contribution in [0, 0.1) is 12.7 Å². The zero-order valence-electron chi connectivity index (χ0n) is 15.6. The standard InChI is InChI=1S/C23H21FN2O/c1-15(2)21-20(5-4-14-27)22(17-10-12-19(24)13-11-17)26-23(25-21)18-8-6-16(3)7-9-18/h4-15H,1-3H3/b5-4+. The van der Waals surface area contributed by atoms with Crippen molar-refractivity contribution in [3.05, 3.63) is 77.2 Å². The first kappa shape index (κ1) is 18.6.